The molecule has 0 saturated heterocycles. The number of aromatic nitrogens is 1. The Morgan fingerprint density at radius 3 is 2.47 bits per heavy atom. The second-order valence-electron chi connectivity index (χ2n) is 5.00. The lowest BCUT2D eigenvalue weighted by molar-refractivity contribution is -0.136. The number of rotatable bonds is 1. The fourth-order valence-electron chi connectivity index (χ4n) is 2.34. The largest absolute Gasteiger partial charge is 0.418 e. The molecule has 0 spiro atoms. The van der Waals surface area contributed by atoms with Gasteiger partial charge in [0.15, 0.2) is 0 Å². The molecule has 1 heterocycles. The summed E-state index contributed by atoms with van der Waals surface area (Å²) in [6.45, 7) is 1.81. The van der Waals surface area contributed by atoms with E-state index in [1.807, 2.05) is 13.0 Å². The molecular weight excluding hydrogens is 319 g/mol. The van der Waals surface area contributed by atoms with E-state index in [0.717, 1.165) is 24.0 Å². The third kappa shape index (κ3) is 2.36. The Morgan fingerprint density at radius 1 is 1.21 bits per heavy atom. The van der Waals surface area contributed by atoms with E-state index in [0.29, 0.717) is 9.99 Å². The molecule has 0 N–H and O–H groups in total. The second kappa shape index (κ2) is 4.20. The first kappa shape index (κ1) is 12.9. The van der Waals surface area contributed by atoms with Gasteiger partial charge in [0.05, 0.1) is 11.1 Å². The van der Waals surface area contributed by atoms with Crippen molar-refractivity contribution in [2.45, 2.75) is 31.9 Å². The van der Waals surface area contributed by atoms with E-state index in [4.69, 9.17) is 0 Å². The molecule has 1 aliphatic rings. The molecule has 1 saturated carbocycles. The summed E-state index contributed by atoms with van der Waals surface area (Å²) >= 11 is 3.17. The third-order valence-electron chi connectivity index (χ3n) is 3.47. The molecule has 0 aliphatic heterocycles. The Bertz CT molecular complexity index is 660. The average molecular weight is 330 g/mol. The van der Waals surface area contributed by atoms with Crippen LogP contribution in [-0.4, -0.2) is 4.98 Å². The molecule has 1 aliphatic carbocycles. The van der Waals surface area contributed by atoms with Gasteiger partial charge in [-0.1, -0.05) is 0 Å². The highest BCUT2D eigenvalue weighted by Crippen LogP contribution is 2.44. The predicted octanol–water partition coefficient (Wildman–Crippen LogP) is 5.20. The van der Waals surface area contributed by atoms with Gasteiger partial charge in [0.25, 0.3) is 0 Å². The van der Waals surface area contributed by atoms with Crippen LogP contribution < -0.4 is 0 Å². The maximum atomic E-state index is 13.2. The van der Waals surface area contributed by atoms with Gasteiger partial charge in [-0.2, -0.15) is 13.2 Å². The van der Waals surface area contributed by atoms with Gasteiger partial charge in [0.2, 0.25) is 0 Å². The van der Waals surface area contributed by atoms with Gasteiger partial charge in [-0.3, -0.25) is 0 Å². The molecular formula is C14H11BrF3N. The highest BCUT2D eigenvalue weighted by Gasteiger charge is 2.36. The molecule has 0 radical (unpaired) electrons. The van der Waals surface area contributed by atoms with Crippen molar-refractivity contribution in [3.63, 3.8) is 0 Å². The first-order chi connectivity index (χ1) is 8.86. The summed E-state index contributed by atoms with van der Waals surface area (Å²) in [6, 6.07) is 4.87. The van der Waals surface area contributed by atoms with Crippen molar-refractivity contribution in [1.29, 1.82) is 0 Å². The normalized spacial score (nSPS) is 16.1. The number of alkyl halides is 3. The Morgan fingerprint density at radius 2 is 1.89 bits per heavy atom. The van der Waals surface area contributed by atoms with Crippen LogP contribution in [0.2, 0.25) is 0 Å². The Hall–Kier alpha value is -1.10. The lowest BCUT2D eigenvalue weighted by Gasteiger charge is -2.14. The van der Waals surface area contributed by atoms with E-state index < -0.39 is 11.7 Å². The van der Waals surface area contributed by atoms with Crippen LogP contribution in [-0.2, 0) is 6.18 Å². The zero-order chi connectivity index (χ0) is 13.8. The van der Waals surface area contributed by atoms with Crippen LogP contribution in [0.1, 0.15) is 35.4 Å². The molecule has 2 aromatic rings. The molecule has 1 nitrogen and oxygen atoms in total. The quantitative estimate of drug-likeness (QED) is 0.655. The maximum absolute atomic E-state index is 13.2. The van der Waals surface area contributed by atoms with Crippen LogP contribution in [0.3, 0.4) is 0 Å². The maximum Gasteiger partial charge on any atom is 0.418 e. The van der Waals surface area contributed by atoms with Crippen LogP contribution in [0.4, 0.5) is 13.2 Å². The molecule has 5 heteroatoms. The molecule has 19 heavy (non-hydrogen) atoms. The first-order valence-corrected chi connectivity index (χ1v) is 6.83. The molecule has 3 rings (SSSR count). The fourth-order valence-corrected chi connectivity index (χ4v) is 2.86. The monoisotopic (exact) mass is 329 g/mol. The Labute approximate surface area is 117 Å². The van der Waals surface area contributed by atoms with E-state index in [1.54, 1.807) is 6.07 Å². The molecule has 1 fully saturated rings. The third-order valence-corrected chi connectivity index (χ3v) is 3.87. The van der Waals surface area contributed by atoms with Gasteiger partial charge >= 0.3 is 6.18 Å². The summed E-state index contributed by atoms with van der Waals surface area (Å²) in [5.41, 5.74) is 0.997. The molecule has 1 aromatic heterocycles. The Kier molecular flexibility index (Phi) is 2.85. The fraction of sp³-hybridized carbons (Fsp3) is 0.357. The smallest absolute Gasteiger partial charge is 0.240 e. The molecule has 0 unspecified atom stereocenters. The number of hydrogen-bond donors (Lipinski definition) is 0. The Balaban J connectivity index is 2.36. The van der Waals surface area contributed by atoms with E-state index in [1.165, 1.54) is 6.07 Å². The van der Waals surface area contributed by atoms with E-state index >= 15 is 0 Å². The summed E-state index contributed by atoms with van der Waals surface area (Å²) in [7, 11) is 0. The van der Waals surface area contributed by atoms with Crippen molar-refractivity contribution in [3.8, 4) is 0 Å². The highest BCUT2D eigenvalue weighted by molar-refractivity contribution is 9.10. The molecule has 100 valence electrons. The topological polar surface area (TPSA) is 12.9 Å². The van der Waals surface area contributed by atoms with Crippen molar-refractivity contribution in [3.05, 3.63) is 39.5 Å². The zero-order valence-corrected chi connectivity index (χ0v) is 11.8. The van der Waals surface area contributed by atoms with Crippen LogP contribution >= 0.6 is 15.9 Å². The minimum Gasteiger partial charge on any atom is -0.240 e. The summed E-state index contributed by atoms with van der Waals surface area (Å²) < 4.78 is 40.0. The van der Waals surface area contributed by atoms with Crippen LogP contribution in [0, 0.1) is 6.92 Å². The van der Waals surface area contributed by atoms with Crippen molar-refractivity contribution in [1.82, 2.24) is 4.98 Å². The van der Waals surface area contributed by atoms with Gasteiger partial charge in [-0.25, -0.2) is 4.98 Å². The standard InChI is InChI=1S/C14H11BrF3N/c1-7-4-12(15)19-13-10(7)5-9(8-2-3-8)6-11(13)14(16,17)18/h4-6,8H,2-3H2,1H3. The predicted molar refractivity (Wildman–Crippen MR) is 71.2 cm³/mol. The van der Waals surface area contributed by atoms with Crippen LogP contribution in [0.15, 0.2) is 22.8 Å². The molecule has 0 atom stereocenters. The van der Waals surface area contributed by atoms with Gasteiger partial charge in [-0.05, 0) is 70.9 Å². The number of nitrogens with zero attached hydrogens (tertiary/aromatic N) is 1. The number of aryl methyl sites for hydroxylation is 1. The number of benzene rings is 1. The van der Waals surface area contributed by atoms with Crippen molar-refractivity contribution in [2.75, 3.05) is 0 Å². The van der Waals surface area contributed by atoms with Crippen molar-refractivity contribution < 1.29 is 13.2 Å². The summed E-state index contributed by atoms with van der Waals surface area (Å²) in [5.74, 6) is 0.286. The average Bonchev–Trinajstić information content (AvgIpc) is 3.10. The van der Waals surface area contributed by atoms with Crippen LogP contribution in [0.25, 0.3) is 10.9 Å². The zero-order valence-electron chi connectivity index (χ0n) is 10.2. The molecule has 0 amide bonds. The first-order valence-electron chi connectivity index (χ1n) is 6.04. The summed E-state index contributed by atoms with van der Waals surface area (Å²) in [5, 5.41) is 0.597. The van der Waals surface area contributed by atoms with Crippen LogP contribution in [0.5, 0.6) is 0 Å². The SMILES string of the molecule is Cc1cc(Br)nc2c(C(F)(F)F)cc(C3CC3)cc12. The number of hydrogen-bond acceptors (Lipinski definition) is 1. The van der Waals surface area contributed by atoms with Gasteiger partial charge in [0.1, 0.15) is 4.60 Å². The minimum atomic E-state index is -4.37. The summed E-state index contributed by atoms with van der Waals surface area (Å²) in [6.07, 6.45) is -2.42. The number of halogens is 4. The second-order valence-corrected chi connectivity index (χ2v) is 5.81. The van der Waals surface area contributed by atoms with Gasteiger partial charge in [0, 0.05) is 5.39 Å². The molecule has 0 bridgehead atoms. The van der Waals surface area contributed by atoms with Gasteiger partial charge < -0.3 is 0 Å². The van der Waals surface area contributed by atoms with E-state index in [-0.39, 0.29) is 11.4 Å². The minimum absolute atomic E-state index is 0.0313. The summed E-state index contributed by atoms with van der Waals surface area (Å²) in [4.78, 5) is 4.02. The van der Waals surface area contributed by atoms with Crippen molar-refractivity contribution in [2.24, 2.45) is 0 Å². The molecule has 1 aromatic carbocycles. The van der Waals surface area contributed by atoms with Gasteiger partial charge in [-0.15, -0.1) is 0 Å². The lowest BCUT2D eigenvalue weighted by Crippen LogP contribution is -2.08. The number of fused-ring (bicyclic) bond motifs is 1. The highest BCUT2D eigenvalue weighted by atomic mass is 79.9. The van der Waals surface area contributed by atoms with E-state index in [2.05, 4.69) is 20.9 Å². The van der Waals surface area contributed by atoms with Crippen molar-refractivity contribution >= 4 is 26.8 Å². The lowest BCUT2D eigenvalue weighted by atomic mass is 9.99. The number of pyridine rings is 1. The van der Waals surface area contributed by atoms with E-state index in [9.17, 15) is 13.2 Å².